The lowest BCUT2D eigenvalue weighted by atomic mass is 9.92. The zero-order valence-electron chi connectivity index (χ0n) is 8.30. The number of rotatable bonds is 4. The van der Waals surface area contributed by atoms with Crippen molar-refractivity contribution in [2.45, 2.75) is 19.3 Å². The van der Waals surface area contributed by atoms with Crippen molar-refractivity contribution < 1.29 is 19.8 Å². The Morgan fingerprint density at radius 2 is 1.87 bits per heavy atom. The molecule has 4 heteroatoms. The van der Waals surface area contributed by atoms with Crippen LogP contribution in [0.25, 0.3) is 0 Å². The molecule has 80 valence electrons. The quantitative estimate of drug-likeness (QED) is 0.793. The van der Waals surface area contributed by atoms with Crippen molar-refractivity contribution in [3.8, 4) is 0 Å². The Labute approximate surface area is 87.2 Å². The topological polar surface area (TPSA) is 74.6 Å². The van der Waals surface area contributed by atoms with Gasteiger partial charge in [-0.05, 0) is 18.1 Å². The summed E-state index contributed by atoms with van der Waals surface area (Å²) in [5.74, 6) is -2.84. The molecule has 1 aromatic rings. The Morgan fingerprint density at radius 1 is 1.27 bits per heavy atom. The summed E-state index contributed by atoms with van der Waals surface area (Å²) in [5.41, 5.74) is 0.423. The van der Waals surface area contributed by atoms with Crippen molar-refractivity contribution in [3.05, 3.63) is 35.4 Å². The highest BCUT2D eigenvalue weighted by Gasteiger charge is 2.22. The van der Waals surface area contributed by atoms with Gasteiger partial charge in [0.15, 0.2) is 0 Å². The van der Waals surface area contributed by atoms with Crippen LogP contribution in [0.1, 0.15) is 35.2 Å². The van der Waals surface area contributed by atoms with Crippen molar-refractivity contribution in [1.82, 2.24) is 0 Å². The summed E-state index contributed by atoms with van der Waals surface area (Å²) in [6, 6.07) is 6.20. The van der Waals surface area contributed by atoms with Crippen LogP contribution in [0.2, 0.25) is 0 Å². The lowest BCUT2D eigenvalue weighted by Gasteiger charge is -2.12. The lowest BCUT2D eigenvalue weighted by molar-refractivity contribution is -0.138. The van der Waals surface area contributed by atoms with Gasteiger partial charge < -0.3 is 10.2 Å². The summed E-state index contributed by atoms with van der Waals surface area (Å²) in [4.78, 5) is 21.8. The molecule has 0 radical (unpaired) electrons. The van der Waals surface area contributed by atoms with Crippen LogP contribution in [0.3, 0.4) is 0 Å². The Balaban J connectivity index is 3.22. The molecule has 0 aliphatic heterocycles. The molecule has 0 aromatic heterocycles. The highest BCUT2D eigenvalue weighted by Crippen LogP contribution is 2.23. The normalized spacial score (nSPS) is 12.1. The molecule has 0 aliphatic carbocycles. The molecule has 0 amide bonds. The zero-order chi connectivity index (χ0) is 11.4. The van der Waals surface area contributed by atoms with Crippen molar-refractivity contribution in [3.63, 3.8) is 0 Å². The van der Waals surface area contributed by atoms with E-state index in [4.69, 9.17) is 10.2 Å². The van der Waals surface area contributed by atoms with Crippen LogP contribution < -0.4 is 0 Å². The Bertz CT molecular complexity index is 384. The van der Waals surface area contributed by atoms with Gasteiger partial charge in [0.2, 0.25) is 0 Å². The van der Waals surface area contributed by atoms with Crippen LogP contribution >= 0.6 is 0 Å². The first-order valence-electron chi connectivity index (χ1n) is 4.63. The third kappa shape index (κ3) is 2.34. The monoisotopic (exact) mass is 208 g/mol. The van der Waals surface area contributed by atoms with E-state index in [1.54, 1.807) is 25.1 Å². The molecule has 0 aliphatic rings. The smallest absolute Gasteiger partial charge is 0.335 e. The molecular formula is C11H12O4. The minimum Gasteiger partial charge on any atom is -0.481 e. The van der Waals surface area contributed by atoms with Gasteiger partial charge in [0.1, 0.15) is 0 Å². The Morgan fingerprint density at radius 3 is 2.33 bits per heavy atom. The van der Waals surface area contributed by atoms with E-state index in [1.807, 2.05) is 0 Å². The molecule has 0 heterocycles. The molecule has 0 unspecified atom stereocenters. The fourth-order valence-corrected chi connectivity index (χ4v) is 1.52. The molecule has 0 bridgehead atoms. The van der Waals surface area contributed by atoms with Crippen LogP contribution in [-0.2, 0) is 4.79 Å². The number of benzene rings is 1. The maximum absolute atomic E-state index is 10.9. The highest BCUT2D eigenvalue weighted by molar-refractivity contribution is 5.92. The van der Waals surface area contributed by atoms with E-state index in [9.17, 15) is 9.59 Å². The molecule has 1 rings (SSSR count). The molecule has 0 spiro atoms. The molecule has 0 saturated carbocycles. The second kappa shape index (κ2) is 4.59. The second-order valence-electron chi connectivity index (χ2n) is 3.19. The summed E-state index contributed by atoms with van der Waals surface area (Å²) in [6.45, 7) is 1.72. The molecular weight excluding hydrogens is 196 g/mol. The standard InChI is InChI=1S/C11H12O4/c1-2-7(10(12)13)8-5-3-4-6-9(8)11(14)15/h3-7H,2H2,1H3,(H,12,13)(H,14,15)/t7-/m1/s1. The number of carbonyl (C=O) groups is 2. The minimum atomic E-state index is -1.09. The molecule has 2 N–H and O–H groups in total. The van der Waals surface area contributed by atoms with Crippen LogP contribution in [0.15, 0.2) is 24.3 Å². The number of aromatic carboxylic acids is 1. The molecule has 1 atom stereocenters. The third-order valence-electron chi connectivity index (χ3n) is 2.27. The van der Waals surface area contributed by atoms with Crippen molar-refractivity contribution >= 4 is 11.9 Å². The van der Waals surface area contributed by atoms with Crippen LogP contribution in [0.5, 0.6) is 0 Å². The first-order chi connectivity index (χ1) is 7.07. The SMILES string of the molecule is CC[C@@H](C(=O)O)c1ccccc1C(=O)O. The van der Waals surface area contributed by atoms with Gasteiger partial charge >= 0.3 is 11.9 Å². The fourth-order valence-electron chi connectivity index (χ4n) is 1.52. The summed E-state index contributed by atoms with van der Waals surface area (Å²) >= 11 is 0. The van der Waals surface area contributed by atoms with Gasteiger partial charge in [-0.25, -0.2) is 4.79 Å². The molecule has 4 nitrogen and oxygen atoms in total. The van der Waals surface area contributed by atoms with Crippen LogP contribution in [0.4, 0.5) is 0 Å². The first-order valence-corrected chi connectivity index (χ1v) is 4.63. The number of hydrogen-bond donors (Lipinski definition) is 2. The van der Waals surface area contributed by atoms with Crippen LogP contribution in [-0.4, -0.2) is 22.2 Å². The van der Waals surface area contributed by atoms with Gasteiger partial charge in [0.25, 0.3) is 0 Å². The van der Waals surface area contributed by atoms with Gasteiger partial charge in [-0.1, -0.05) is 25.1 Å². The lowest BCUT2D eigenvalue weighted by Crippen LogP contribution is -2.14. The average Bonchev–Trinajstić information content (AvgIpc) is 2.18. The molecule has 15 heavy (non-hydrogen) atoms. The third-order valence-corrected chi connectivity index (χ3v) is 2.27. The van der Waals surface area contributed by atoms with E-state index >= 15 is 0 Å². The first kappa shape index (κ1) is 11.2. The largest absolute Gasteiger partial charge is 0.481 e. The summed E-state index contributed by atoms with van der Waals surface area (Å²) in [6.07, 6.45) is 0.375. The van der Waals surface area contributed by atoms with Crippen molar-refractivity contribution in [1.29, 1.82) is 0 Å². The molecule has 0 fully saturated rings. The molecule has 0 saturated heterocycles. The van der Waals surface area contributed by atoms with Crippen molar-refractivity contribution in [2.75, 3.05) is 0 Å². The summed E-state index contributed by atoms with van der Waals surface area (Å²) in [7, 11) is 0. The van der Waals surface area contributed by atoms with E-state index in [0.29, 0.717) is 12.0 Å². The van der Waals surface area contributed by atoms with Crippen molar-refractivity contribution in [2.24, 2.45) is 0 Å². The molecule has 1 aromatic carbocycles. The Kier molecular flexibility index (Phi) is 3.44. The summed E-state index contributed by atoms with van der Waals surface area (Å²) in [5, 5.41) is 17.8. The number of hydrogen-bond acceptors (Lipinski definition) is 2. The van der Waals surface area contributed by atoms with Gasteiger partial charge in [0.05, 0.1) is 11.5 Å². The number of aliphatic carboxylic acids is 1. The van der Waals surface area contributed by atoms with Gasteiger partial charge in [-0.15, -0.1) is 0 Å². The van der Waals surface area contributed by atoms with E-state index in [1.165, 1.54) is 6.07 Å². The average molecular weight is 208 g/mol. The van der Waals surface area contributed by atoms with E-state index in [2.05, 4.69) is 0 Å². The van der Waals surface area contributed by atoms with E-state index in [-0.39, 0.29) is 5.56 Å². The highest BCUT2D eigenvalue weighted by atomic mass is 16.4. The maximum atomic E-state index is 10.9. The van der Waals surface area contributed by atoms with Gasteiger partial charge in [-0.3, -0.25) is 4.79 Å². The predicted octanol–water partition coefficient (Wildman–Crippen LogP) is 1.96. The minimum absolute atomic E-state index is 0.0618. The zero-order valence-corrected chi connectivity index (χ0v) is 8.30. The summed E-state index contributed by atoms with van der Waals surface area (Å²) < 4.78 is 0. The fraction of sp³-hybridized carbons (Fsp3) is 0.273. The number of carboxylic acid groups (broad SMARTS) is 2. The van der Waals surface area contributed by atoms with Crippen LogP contribution in [0, 0.1) is 0 Å². The van der Waals surface area contributed by atoms with E-state index in [0.717, 1.165) is 0 Å². The van der Waals surface area contributed by atoms with Gasteiger partial charge in [0, 0.05) is 0 Å². The second-order valence-corrected chi connectivity index (χ2v) is 3.19. The Hall–Kier alpha value is -1.84. The van der Waals surface area contributed by atoms with E-state index < -0.39 is 17.9 Å². The predicted molar refractivity (Wildman–Crippen MR) is 54.1 cm³/mol. The maximum Gasteiger partial charge on any atom is 0.335 e. The number of carboxylic acids is 2. The van der Waals surface area contributed by atoms with Gasteiger partial charge in [-0.2, -0.15) is 0 Å².